The van der Waals surface area contributed by atoms with Crippen molar-refractivity contribution >= 4 is 77.2 Å². The Balaban J connectivity index is 0.981. The van der Waals surface area contributed by atoms with Gasteiger partial charge in [0.25, 0.3) is 0 Å². The maximum Gasteiger partial charge on any atom is 0.143 e. The molecule has 2 aromatic heterocycles. The molecular formula is C56H38N2O. The molecule has 2 heterocycles. The van der Waals surface area contributed by atoms with Gasteiger partial charge in [-0.2, -0.15) is 0 Å². The predicted molar refractivity (Wildman–Crippen MR) is 248 cm³/mol. The molecule has 0 saturated heterocycles. The Labute approximate surface area is 342 Å². The molecule has 2 aliphatic rings. The number of hydrogen-bond donors (Lipinski definition) is 0. The van der Waals surface area contributed by atoms with E-state index in [-0.39, 0.29) is 0 Å². The Morgan fingerprint density at radius 3 is 1.90 bits per heavy atom. The molecule has 10 aromatic rings. The second kappa shape index (κ2) is 13.5. The van der Waals surface area contributed by atoms with Crippen molar-refractivity contribution < 1.29 is 4.42 Å². The minimum atomic E-state index is 0.359. The minimum absolute atomic E-state index is 0.359. The third-order valence-electron chi connectivity index (χ3n) is 12.3. The fourth-order valence-corrected chi connectivity index (χ4v) is 9.51. The van der Waals surface area contributed by atoms with Crippen LogP contribution in [0.15, 0.2) is 223 Å². The van der Waals surface area contributed by atoms with Crippen LogP contribution in [0.2, 0.25) is 0 Å². The Morgan fingerprint density at radius 2 is 1.07 bits per heavy atom. The number of rotatable bonds is 6. The summed E-state index contributed by atoms with van der Waals surface area (Å²) in [7, 11) is 0. The normalized spacial score (nSPS) is 16.0. The highest BCUT2D eigenvalue weighted by molar-refractivity contribution is 6.20. The van der Waals surface area contributed by atoms with Crippen LogP contribution in [0, 0.1) is 11.8 Å². The van der Waals surface area contributed by atoms with Crippen molar-refractivity contribution in [3.63, 3.8) is 0 Å². The molecule has 3 heteroatoms. The number of furan rings is 1. The number of para-hydroxylation sites is 4. The molecule has 2 atom stereocenters. The van der Waals surface area contributed by atoms with E-state index in [9.17, 15) is 0 Å². The van der Waals surface area contributed by atoms with Gasteiger partial charge >= 0.3 is 0 Å². The van der Waals surface area contributed by atoms with Gasteiger partial charge in [-0.15, -0.1) is 0 Å². The highest BCUT2D eigenvalue weighted by Crippen LogP contribution is 2.44. The van der Waals surface area contributed by atoms with E-state index in [4.69, 9.17) is 4.42 Å². The summed E-state index contributed by atoms with van der Waals surface area (Å²) in [5, 5.41) is 7.01. The first-order valence-electron chi connectivity index (χ1n) is 20.4. The zero-order valence-electron chi connectivity index (χ0n) is 32.2. The Hall–Kier alpha value is -7.62. The number of benzene rings is 8. The highest BCUT2D eigenvalue weighted by Gasteiger charge is 2.23. The van der Waals surface area contributed by atoms with Crippen LogP contribution in [0.5, 0.6) is 0 Å². The van der Waals surface area contributed by atoms with E-state index < -0.39 is 0 Å². The average Bonchev–Trinajstić information content (AvgIpc) is 3.85. The van der Waals surface area contributed by atoms with E-state index in [0.29, 0.717) is 11.8 Å². The molecule has 2 aliphatic carbocycles. The van der Waals surface area contributed by atoms with Crippen LogP contribution in [0.3, 0.4) is 0 Å². The molecule has 0 bridgehead atoms. The SMILES string of the molecule is C1=CC2C=CC(c3cccc4c3oc3c5ccccc5c(-c5ccc(N(c6ccccc6)c6ccc7c(c6)c6ccccc6n7-c6ccccc6)cc5)cc43)=CC2C=C1. The smallest absolute Gasteiger partial charge is 0.143 e. The summed E-state index contributed by atoms with van der Waals surface area (Å²) in [6, 6.07) is 63.5. The van der Waals surface area contributed by atoms with Crippen LogP contribution in [0.1, 0.15) is 5.56 Å². The fourth-order valence-electron chi connectivity index (χ4n) is 9.51. The number of anilines is 3. The maximum atomic E-state index is 6.89. The van der Waals surface area contributed by atoms with Crippen molar-refractivity contribution in [3.8, 4) is 16.8 Å². The van der Waals surface area contributed by atoms with Gasteiger partial charge in [0.15, 0.2) is 0 Å². The summed E-state index contributed by atoms with van der Waals surface area (Å²) in [6.07, 6.45) is 15.8. The van der Waals surface area contributed by atoms with E-state index in [0.717, 1.165) is 61.2 Å². The van der Waals surface area contributed by atoms with Gasteiger partial charge in [0.2, 0.25) is 0 Å². The molecule has 0 saturated carbocycles. The Bertz CT molecular complexity index is 3380. The molecule has 3 nitrogen and oxygen atoms in total. The highest BCUT2D eigenvalue weighted by atomic mass is 16.3. The third kappa shape index (κ3) is 5.43. The van der Waals surface area contributed by atoms with E-state index in [2.05, 4.69) is 228 Å². The number of fused-ring (bicyclic) bond motifs is 9. The van der Waals surface area contributed by atoms with Gasteiger partial charge in [-0.05, 0) is 88.8 Å². The lowest BCUT2D eigenvalue weighted by molar-refractivity contribution is 0.660. The van der Waals surface area contributed by atoms with Gasteiger partial charge in [-0.3, -0.25) is 0 Å². The first-order chi connectivity index (χ1) is 29.3. The molecule has 8 aromatic carbocycles. The Kier molecular flexibility index (Phi) is 7.67. The standard InChI is InChI=1S/C56H38N2O/c1-3-16-41(17-4-1)57(44-32-33-54-51(35-44)47-21-11-12-25-53(47)58(54)42-18-5-2-6-19-42)43-30-28-38(29-31-43)50-36-52-49-24-13-23-45(40-27-26-37-14-7-8-15-39(37)34-40)55(49)59-56(52)48-22-10-9-20-46(48)50/h1-37,39H. The summed E-state index contributed by atoms with van der Waals surface area (Å²) < 4.78 is 9.26. The van der Waals surface area contributed by atoms with Crippen LogP contribution in [0.4, 0.5) is 17.1 Å². The van der Waals surface area contributed by atoms with E-state index >= 15 is 0 Å². The summed E-state index contributed by atoms with van der Waals surface area (Å²) in [5.74, 6) is 0.769. The van der Waals surface area contributed by atoms with Crippen molar-refractivity contribution in [1.82, 2.24) is 4.57 Å². The maximum absolute atomic E-state index is 6.89. The molecular weight excluding hydrogens is 717 g/mol. The summed E-state index contributed by atoms with van der Waals surface area (Å²) in [5.41, 5.74) is 13.4. The number of nitrogens with zero attached hydrogens (tertiary/aromatic N) is 2. The third-order valence-corrected chi connectivity index (χ3v) is 12.3. The van der Waals surface area contributed by atoms with Gasteiger partial charge in [0.1, 0.15) is 11.2 Å². The minimum Gasteiger partial charge on any atom is -0.455 e. The van der Waals surface area contributed by atoms with E-state index in [1.165, 1.54) is 38.3 Å². The monoisotopic (exact) mass is 754 g/mol. The van der Waals surface area contributed by atoms with Crippen LogP contribution >= 0.6 is 0 Å². The lowest BCUT2D eigenvalue weighted by Gasteiger charge is -2.26. The van der Waals surface area contributed by atoms with Crippen molar-refractivity contribution in [2.75, 3.05) is 4.90 Å². The van der Waals surface area contributed by atoms with Crippen LogP contribution in [-0.2, 0) is 0 Å². The number of aromatic nitrogens is 1. The van der Waals surface area contributed by atoms with Crippen molar-refractivity contribution in [3.05, 3.63) is 224 Å². The number of hydrogen-bond acceptors (Lipinski definition) is 2. The van der Waals surface area contributed by atoms with E-state index in [1.54, 1.807) is 0 Å². The molecule has 0 radical (unpaired) electrons. The zero-order valence-corrected chi connectivity index (χ0v) is 32.2. The average molecular weight is 755 g/mol. The lowest BCUT2D eigenvalue weighted by Crippen LogP contribution is -2.11. The summed E-state index contributed by atoms with van der Waals surface area (Å²) >= 11 is 0. The van der Waals surface area contributed by atoms with Gasteiger partial charge in [-0.25, -0.2) is 0 Å². The van der Waals surface area contributed by atoms with E-state index in [1.807, 2.05) is 0 Å². The number of allylic oxidation sites excluding steroid dienone is 8. The summed E-state index contributed by atoms with van der Waals surface area (Å²) in [6.45, 7) is 0. The fraction of sp³-hybridized carbons (Fsp3) is 0.0357. The molecule has 0 spiro atoms. The molecule has 2 unspecified atom stereocenters. The van der Waals surface area contributed by atoms with Crippen LogP contribution < -0.4 is 4.90 Å². The second-order valence-electron chi connectivity index (χ2n) is 15.6. The van der Waals surface area contributed by atoms with Gasteiger partial charge in [0.05, 0.1) is 11.0 Å². The molecule has 59 heavy (non-hydrogen) atoms. The molecule has 278 valence electrons. The topological polar surface area (TPSA) is 21.3 Å². The molecule has 0 amide bonds. The largest absolute Gasteiger partial charge is 0.455 e. The first-order valence-corrected chi connectivity index (χ1v) is 20.4. The van der Waals surface area contributed by atoms with Crippen LogP contribution in [-0.4, -0.2) is 4.57 Å². The van der Waals surface area contributed by atoms with Crippen LogP contribution in [0.25, 0.3) is 76.9 Å². The lowest BCUT2D eigenvalue weighted by atomic mass is 9.81. The predicted octanol–water partition coefficient (Wildman–Crippen LogP) is 15.3. The van der Waals surface area contributed by atoms with Crippen molar-refractivity contribution in [1.29, 1.82) is 0 Å². The van der Waals surface area contributed by atoms with Crippen molar-refractivity contribution in [2.45, 2.75) is 0 Å². The van der Waals surface area contributed by atoms with Crippen molar-refractivity contribution in [2.24, 2.45) is 11.8 Å². The first kappa shape index (κ1) is 33.5. The quantitative estimate of drug-likeness (QED) is 0.169. The summed E-state index contributed by atoms with van der Waals surface area (Å²) in [4.78, 5) is 2.36. The molecule has 12 rings (SSSR count). The Morgan fingerprint density at radius 1 is 0.424 bits per heavy atom. The molecule has 0 aliphatic heterocycles. The second-order valence-corrected chi connectivity index (χ2v) is 15.6. The van der Waals surface area contributed by atoms with Gasteiger partial charge < -0.3 is 13.9 Å². The molecule has 0 fully saturated rings. The zero-order chi connectivity index (χ0) is 38.9. The van der Waals surface area contributed by atoms with Gasteiger partial charge in [-0.1, -0.05) is 152 Å². The van der Waals surface area contributed by atoms with Gasteiger partial charge in [0, 0.05) is 67.1 Å². The molecule has 0 N–H and O–H groups in total.